The van der Waals surface area contributed by atoms with Crippen LogP contribution in [0.3, 0.4) is 0 Å². The Morgan fingerprint density at radius 3 is 2.53 bits per heavy atom. The maximum Gasteiger partial charge on any atom is 0.226 e. The maximum absolute atomic E-state index is 13.1. The van der Waals surface area contributed by atoms with Crippen molar-refractivity contribution < 1.29 is 4.79 Å². The average Bonchev–Trinajstić information content (AvgIpc) is 3.17. The van der Waals surface area contributed by atoms with Gasteiger partial charge in [-0.2, -0.15) is 0 Å². The van der Waals surface area contributed by atoms with Crippen LogP contribution in [0.4, 0.5) is 0 Å². The molecule has 1 aromatic heterocycles. The van der Waals surface area contributed by atoms with Crippen LogP contribution in [-0.2, 0) is 17.9 Å². The molecule has 2 saturated heterocycles. The third kappa shape index (κ3) is 4.69. The van der Waals surface area contributed by atoms with E-state index in [1.165, 1.54) is 12.0 Å². The molecule has 3 heterocycles. The number of carbonyl (C=O) groups excluding carboxylic acids is 1. The molecule has 0 unspecified atom stereocenters. The Hall–Kier alpha value is -2.37. The van der Waals surface area contributed by atoms with Gasteiger partial charge in [0, 0.05) is 31.2 Å². The molecule has 0 radical (unpaired) electrons. The van der Waals surface area contributed by atoms with E-state index in [1.807, 2.05) is 18.2 Å². The van der Waals surface area contributed by atoms with Crippen molar-refractivity contribution in [1.82, 2.24) is 19.4 Å². The molecule has 0 bridgehead atoms. The van der Waals surface area contributed by atoms with Gasteiger partial charge in [0.1, 0.15) is 5.82 Å². The number of para-hydroxylation sites is 2. The van der Waals surface area contributed by atoms with Gasteiger partial charge in [-0.15, -0.1) is 0 Å². The first-order valence-electron chi connectivity index (χ1n) is 11.9. The lowest BCUT2D eigenvalue weighted by Crippen LogP contribution is -2.46. The lowest BCUT2D eigenvalue weighted by atomic mass is 9.95. The van der Waals surface area contributed by atoms with Gasteiger partial charge in [-0.05, 0) is 68.5 Å². The second-order valence-electron chi connectivity index (χ2n) is 9.19. The number of benzene rings is 2. The van der Waals surface area contributed by atoms with Gasteiger partial charge >= 0.3 is 0 Å². The molecular weight excluding hydrogens is 420 g/mol. The van der Waals surface area contributed by atoms with Crippen LogP contribution < -0.4 is 0 Å². The van der Waals surface area contributed by atoms with Crippen molar-refractivity contribution in [2.24, 2.45) is 5.92 Å². The minimum atomic E-state index is 0.121. The van der Waals surface area contributed by atoms with Crippen molar-refractivity contribution in [2.75, 3.05) is 26.2 Å². The first-order valence-corrected chi connectivity index (χ1v) is 12.2. The summed E-state index contributed by atoms with van der Waals surface area (Å²) < 4.78 is 2.31. The smallest absolute Gasteiger partial charge is 0.226 e. The topological polar surface area (TPSA) is 41.4 Å². The normalized spacial score (nSPS) is 20.0. The van der Waals surface area contributed by atoms with Gasteiger partial charge in [-0.25, -0.2) is 4.98 Å². The monoisotopic (exact) mass is 450 g/mol. The molecule has 2 fully saturated rings. The van der Waals surface area contributed by atoms with Crippen LogP contribution in [0.15, 0.2) is 48.5 Å². The minimum absolute atomic E-state index is 0.121. The van der Waals surface area contributed by atoms with Gasteiger partial charge in [-0.3, -0.25) is 9.69 Å². The van der Waals surface area contributed by atoms with Crippen LogP contribution in [-0.4, -0.2) is 51.4 Å². The van der Waals surface area contributed by atoms with Crippen molar-refractivity contribution in [1.29, 1.82) is 0 Å². The SMILES string of the molecule is O=C([C@@H]1CCCN(Cc2nc3ccccc3n2Cc2ccc(Cl)cc2)C1)N1CCCCC1. The number of halogens is 1. The highest BCUT2D eigenvalue weighted by Crippen LogP contribution is 2.25. The summed E-state index contributed by atoms with van der Waals surface area (Å²) in [6.07, 6.45) is 5.63. The molecule has 0 N–H and O–H groups in total. The van der Waals surface area contributed by atoms with Gasteiger partial charge in [0.15, 0.2) is 0 Å². The van der Waals surface area contributed by atoms with Crippen molar-refractivity contribution in [3.8, 4) is 0 Å². The highest BCUT2D eigenvalue weighted by molar-refractivity contribution is 6.30. The molecule has 3 aromatic rings. The van der Waals surface area contributed by atoms with Gasteiger partial charge < -0.3 is 9.47 Å². The number of nitrogens with zero attached hydrogens (tertiary/aromatic N) is 4. The van der Waals surface area contributed by atoms with E-state index in [0.717, 1.165) is 86.8 Å². The molecule has 168 valence electrons. The molecular formula is C26H31ClN4O. The molecule has 2 aromatic carbocycles. The quantitative estimate of drug-likeness (QED) is 0.551. The Morgan fingerprint density at radius 1 is 0.938 bits per heavy atom. The van der Waals surface area contributed by atoms with Crippen LogP contribution in [0.25, 0.3) is 11.0 Å². The van der Waals surface area contributed by atoms with Crippen molar-refractivity contribution in [3.63, 3.8) is 0 Å². The van der Waals surface area contributed by atoms with Crippen LogP contribution in [0.5, 0.6) is 0 Å². The number of aromatic nitrogens is 2. The highest BCUT2D eigenvalue weighted by Gasteiger charge is 2.30. The van der Waals surface area contributed by atoms with E-state index in [2.05, 4.69) is 44.7 Å². The second kappa shape index (κ2) is 9.63. The van der Waals surface area contributed by atoms with E-state index in [9.17, 15) is 4.79 Å². The molecule has 0 spiro atoms. The number of rotatable bonds is 5. The average molecular weight is 451 g/mol. The van der Waals surface area contributed by atoms with E-state index in [-0.39, 0.29) is 5.92 Å². The summed E-state index contributed by atoms with van der Waals surface area (Å²) in [6.45, 7) is 5.26. The summed E-state index contributed by atoms with van der Waals surface area (Å²) in [5, 5.41) is 0.752. The number of carbonyl (C=O) groups is 1. The molecule has 1 amide bonds. The summed E-state index contributed by atoms with van der Waals surface area (Å²) in [5.74, 6) is 1.55. The van der Waals surface area contributed by atoms with Crippen LogP contribution in [0, 0.1) is 5.92 Å². The lowest BCUT2D eigenvalue weighted by molar-refractivity contribution is -0.138. The predicted octanol–water partition coefficient (Wildman–Crippen LogP) is 4.96. The lowest BCUT2D eigenvalue weighted by Gasteiger charge is -2.36. The molecule has 32 heavy (non-hydrogen) atoms. The van der Waals surface area contributed by atoms with Crippen molar-refractivity contribution in [3.05, 3.63) is 64.9 Å². The van der Waals surface area contributed by atoms with Gasteiger partial charge in [0.2, 0.25) is 5.91 Å². The zero-order valence-corrected chi connectivity index (χ0v) is 19.3. The van der Waals surface area contributed by atoms with E-state index in [4.69, 9.17) is 16.6 Å². The summed E-state index contributed by atoms with van der Waals surface area (Å²) in [7, 11) is 0. The fourth-order valence-corrected chi connectivity index (χ4v) is 5.29. The first kappa shape index (κ1) is 21.5. The Morgan fingerprint density at radius 2 is 1.72 bits per heavy atom. The fourth-order valence-electron chi connectivity index (χ4n) is 5.17. The number of hydrogen-bond donors (Lipinski definition) is 0. The molecule has 5 rings (SSSR count). The van der Waals surface area contributed by atoms with Crippen LogP contribution >= 0.6 is 11.6 Å². The van der Waals surface area contributed by atoms with E-state index >= 15 is 0 Å². The molecule has 6 heteroatoms. The number of piperidine rings is 2. The van der Waals surface area contributed by atoms with Crippen molar-refractivity contribution >= 4 is 28.5 Å². The molecule has 0 aliphatic carbocycles. The Bertz CT molecular complexity index is 1070. The Kier molecular flexibility index (Phi) is 6.47. The summed E-state index contributed by atoms with van der Waals surface area (Å²) >= 11 is 6.09. The zero-order chi connectivity index (χ0) is 21.9. The highest BCUT2D eigenvalue weighted by atomic mass is 35.5. The van der Waals surface area contributed by atoms with Gasteiger partial charge in [0.25, 0.3) is 0 Å². The molecule has 2 aliphatic rings. The number of fused-ring (bicyclic) bond motifs is 1. The van der Waals surface area contributed by atoms with Gasteiger partial charge in [0.05, 0.1) is 23.5 Å². The van der Waals surface area contributed by atoms with E-state index in [0.29, 0.717) is 5.91 Å². The number of hydrogen-bond acceptors (Lipinski definition) is 3. The molecule has 0 saturated carbocycles. The second-order valence-corrected chi connectivity index (χ2v) is 9.63. The van der Waals surface area contributed by atoms with E-state index in [1.54, 1.807) is 0 Å². The Labute approximate surface area is 195 Å². The van der Waals surface area contributed by atoms with E-state index < -0.39 is 0 Å². The fraction of sp³-hybridized carbons (Fsp3) is 0.462. The molecule has 2 aliphatic heterocycles. The number of amides is 1. The standard InChI is InChI=1S/C26H31ClN4O/c27-22-12-10-20(11-13-22)17-31-24-9-3-2-8-23(24)28-25(31)19-29-14-6-7-21(18-29)26(32)30-15-4-1-5-16-30/h2-3,8-13,21H,1,4-7,14-19H2/t21-/m1/s1. The predicted molar refractivity (Wildman–Crippen MR) is 129 cm³/mol. The third-order valence-corrected chi connectivity index (χ3v) is 7.13. The first-order chi connectivity index (χ1) is 15.7. The largest absolute Gasteiger partial charge is 0.342 e. The number of likely N-dealkylation sites (tertiary alicyclic amines) is 2. The number of imidazole rings is 1. The summed E-state index contributed by atoms with van der Waals surface area (Å²) in [6, 6.07) is 16.4. The Balaban J connectivity index is 1.35. The molecule has 1 atom stereocenters. The minimum Gasteiger partial charge on any atom is -0.342 e. The third-order valence-electron chi connectivity index (χ3n) is 6.88. The van der Waals surface area contributed by atoms with Crippen LogP contribution in [0.2, 0.25) is 5.02 Å². The molecule has 5 nitrogen and oxygen atoms in total. The summed E-state index contributed by atoms with van der Waals surface area (Å²) in [4.78, 5) is 22.6. The maximum atomic E-state index is 13.1. The summed E-state index contributed by atoms with van der Waals surface area (Å²) in [5.41, 5.74) is 3.38. The van der Waals surface area contributed by atoms with Crippen molar-refractivity contribution in [2.45, 2.75) is 45.2 Å². The van der Waals surface area contributed by atoms with Gasteiger partial charge in [-0.1, -0.05) is 35.9 Å². The van der Waals surface area contributed by atoms with Crippen LogP contribution in [0.1, 0.15) is 43.5 Å². The zero-order valence-electron chi connectivity index (χ0n) is 18.5.